The molecule has 3 N–H and O–H groups in total. The van der Waals surface area contributed by atoms with Gasteiger partial charge in [-0.05, 0) is 36.0 Å². The first kappa shape index (κ1) is 23.1. The summed E-state index contributed by atoms with van der Waals surface area (Å²) in [5.74, 6) is 2.47. The molecule has 0 saturated carbocycles. The molecule has 0 bridgehead atoms. The van der Waals surface area contributed by atoms with E-state index >= 15 is 0 Å². The number of ether oxygens (including phenoxy) is 1. The monoisotopic (exact) mass is 472 g/mol. The molecule has 4 rings (SSSR count). The van der Waals surface area contributed by atoms with Crippen molar-refractivity contribution in [1.29, 1.82) is 0 Å². The van der Waals surface area contributed by atoms with Crippen LogP contribution in [0.15, 0.2) is 30.3 Å². The zero-order chi connectivity index (χ0) is 23.0. The van der Waals surface area contributed by atoms with Gasteiger partial charge in [-0.25, -0.2) is 19.6 Å². The number of carbonyl (C=O) groups excluding carboxylic acids is 2. The molecule has 176 valence electrons. The molecule has 0 radical (unpaired) electrons. The number of aromatic nitrogens is 2. The number of nitrogens with one attached hydrogen (secondary N) is 3. The summed E-state index contributed by atoms with van der Waals surface area (Å²) in [4.78, 5) is 37.2. The zero-order valence-corrected chi connectivity index (χ0v) is 19.6. The fraction of sp³-hybridized carbons (Fsp3) is 0.455. The van der Waals surface area contributed by atoms with E-state index < -0.39 is 0 Å². The number of anilines is 2. The molecule has 2 saturated heterocycles. The number of rotatable bonds is 8. The Bertz CT molecular complexity index is 967. The summed E-state index contributed by atoms with van der Waals surface area (Å²) in [5, 5.41) is 8.33. The lowest BCUT2D eigenvalue weighted by Gasteiger charge is -2.28. The summed E-state index contributed by atoms with van der Waals surface area (Å²) >= 11 is 1.25. The predicted octanol–water partition coefficient (Wildman–Crippen LogP) is 1.07. The van der Waals surface area contributed by atoms with Crippen LogP contribution in [-0.2, 0) is 22.3 Å². The highest BCUT2D eigenvalue weighted by molar-refractivity contribution is 7.76. The maximum atomic E-state index is 12.2. The molecular weight excluding hydrogens is 442 g/mol. The van der Waals surface area contributed by atoms with Crippen molar-refractivity contribution in [3.8, 4) is 11.4 Å². The summed E-state index contributed by atoms with van der Waals surface area (Å²) in [7, 11) is 0. The minimum Gasteiger partial charge on any atom is -0.378 e. The third-order valence-electron chi connectivity index (χ3n) is 5.43. The van der Waals surface area contributed by atoms with E-state index in [1.807, 2.05) is 24.3 Å². The molecule has 10 nitrogen and oxygen atoms in total. The second kappa shape index (κ2) is 11.2. The predicted molar refractivity (Wildman–Crippen MR) is 131 cm³/mol. The topological polar surface area (TPSA) is 112 Å². The Morgan fingerprint density at radius 3 is 2.67 bits per heavy atom. The summed E-state index contributed by atoms with van der Waals surface area (Å²) in [6.45, 7) is 5.23. The smallest absolute Gasteiger partial charge is 0.319 e. The fourth-order valence-corrected chi connectivity index (χ4v) is 4.20. The van der Waals surface area contributed by atoms with Crippen LogP contribution in [0, 0.1) is 0 Å². The van der Waals surface area contributed by atoms with E-state index in [1.165, 1.54) is 11.8 Å². The number of urea groups is 2. The highest BCUT2D eigenvalue weighted by Gasteiger charge is 2.19. The van der Waals surface area contributed by atoms with Gasteiger partial charge in [-0.1, -0.05) is 0 Å². The van der Waals surface area contributed by atoms with Crippen LogP contribution in [0.3, 0.4) is 0 Å². The second-order valence-corrected chi connectivity index (χ2v) is 8.74. The van der Waals surface area contributed by atoms with Crippen molar-refractivity contribution in [2.24, 2.45) is 0 Å². The number of nitrogens with zero attached hydrogens (tertiary/aromatic N) is 4. The lowest BCUT2D eigenvalue weighted by Crippen LogP contribution is -2.38. The van der Waals surface area contributed by atoms with Crippen molar-refractivity contribution in [3.63, 3.8) is 0 Å². The van der Waals surface area contributed by atoms with Crippen molar-refractivity contribution >= 4 is 35.3 Å². The van der Waals surface area contributed by atoms with E-state index in [2.05, 4.69) is 33.2 Å². The Hall–Kier alpha value is -3.05. The quantitative estimate of drug-likeness (QED) is 0.392. The average molecular weight is 473 g/mol. The molecular formula is C22H30N7O3S+. The van der Waals surface area contributed by atoms with E-state index in [0.29, 0.717) is 50.9 Å². The first-order chi connectivity index (χ1) is 16.1. The highest BCUT2D eigenvalue weighted by Crippen LogP contribution is 2.23. The second-order valence-electron chi connectivity index (χ2n) is 7.79. The lowest BCUT2D eigenvalue weighted by atomic mass is 10.2. The molecule has 0 atom stereocenters. The van der Waals surface area contributed by atoms with Crippen LogP contribution in [0.2, 0.25) is 0 Å². The van der Waals surface area contributed by atoms with Gasteiger partial charge < -0.3 is 30.5 Å². The van der Waals surface area contributed by atoms with Crippen LogP contribution < -0.4 is 20.9 Å². The number of carbonyl (C=O) groups is 2. The number of morpholine rings is 1. The molecule has 2 aliphatic rings. The van der Waals surface area contributed by atoms with Gasteiger partial charge in [0.05, 0.1) is 25.2 Å². The van der Waals surface area contributed by atoms with E-state index in [4.69, 9.17) is 14.7 Å². The fourth-order valence-electron chi connectivity index (χ4n) is 3.72. The number of thiol groups is 1. The molecule has 11 heteroatoms. The number of hydrogen-bond acceptors (Lipinski definition) is 6. The van der Waals surface area contributed by atoms with Gasteiger partial charge in [-0.2, -0.15) is 0 Å². The van der Waals surface area contributed by atoms with E-state index in [9.17, 15) is 9.59 Å². The van der Waals surface area contributed by atoms with E-state index in [0.717, 1.165) is 35.9 Å². The van der Waals surface area contributed by atoms with Gasteiger partial charge in [-0.3, -0.25) is 0 Å². The van der Waals surface area contributed by atoms with Crippen LogP contribution in [0.5, 0.6) is 0 Å². The van der Waals surface area contributed by atoms with Gasteiger partial charge in [0.15, 0.2) is 5.82 Å². The molecule has 33 heavy (non-hydrogen) atoms. The number of benzene rings is 1. The average Bonchev–Trinajstić information content (AvgIpc) is 3.25. The summed E-state index contributed by atoms with van der Waals surface area (Å²) in [6, 6.07) is 9.17. The first-order valence-corrected chi connectivity index (χ1v) is 12.6. The molecule has 1 aromatic heterocycles. The zero-order valence-electron chi connectivity index (χ0n) is 18.7. The summed E-state index contributed by atoms with van der Waals surface area (Å²) < 4.78 is 5.47. The Labute approximate surface area is 197 Å². The van der Waals surface area contributed by atoms with E-state index in [1.54, 1.807) is 4.90 Å². The lowest BCUT2D eigenvalue weighted by molar-refractivity contribution is 0.122. The van der Waals surface area contributed by atoms with Crippen molar-refractivity contribution in [3.05, 3.63) is 36.0 Å². The Morgan fingerprint density at radius 2 is 1.97 bits per heavy atom. The molecule has 2 aliphatic heterocycles. The molecule has 3 heterocycles. The Balaban J connectivity index is 1.38. The Kier molecular flexibility index (Phi) is 7.84. The molecule has 0 unspecified atom stereocenters. The van der Waals surface area contributed by atoms with Gasteiger partial charge in [0, 0.05) is 56.6 Å². The minimum absolute atomic E-state index is 0.0886. The van der Waals surface area contributed by atoms with Gasteiger partial charge in [0.25, 0.3) is 0 Å². The molecule has 0 spiro atoms. The molecule has 4 amide bonds. The summed E-state index contributed by atoms with van der Waals surface area (Å²) in [5.41, 5.74) is 2.58. The van der Waals surface area contributed by atoms with Gasteiger partial charge >= 0.3 is 12.1 Å². The van der Waals surface area contributed by atoms with Crippen LogP contribution >= 0.6 is 0 Å². The molecule has 0 aliphatic carbocycles. The van der Waals surface area contributed by atoms with Crippen molar-refractivity contribution < 1.29 is 14.3 Å². The SMILES string of the molecule is C[SH+]Cc1cc(N2CCOCC2)nc(-c2ccc(NC(=O)NCCN3CCNC3=O)cc2)n1. The summed E-state index contributed by atoms with van der Waals surface area (Å²) in [6.07, 6.45) is 2.11. The van der Waals surface area contributed by atoms with Crippen LogP contribution in [0.25, 0.3) is 11.4 Å². The molecule has 1 aromatic carbocycles. The number of amides is 4. The maximum Gasteiger partial charge on any atom is 0.319 e. The van der Waals surface area contributed by atoms with Crippen LogP contribution in [0.4, 0.5) is 21.1 Å². The minimum atomic E-state index is -0.308. The number of hydrogen-bond donors (Lipinski definition) is 3. The normalized spacial score (nSPS) is 16.0. The van der Waals surface area contributed by atoms with Crippen LogP contribution in [0.1, 0.15) is 5.69 Å². The molecule has 2 fully saturated rings. The molecule has 2 aromatic rings. The van der Waals surface area contributed by atoms with Gasteiger partial charge in [-0.15, -0.1) is 0 Å². The van der Waals surface area contributed by atoms with Crippen LogP contribution in [-0.4, -0.2) is 85.7 Å². The third-order valence-corrected chi connectivity index (χ3v) is 6.07. The van der Waals surface area contributed by atoms with E-state index in [-0.39, 0.29) is 12.1 Å². The first-order valence-electron chi connectivity index (χ1n) is 11.1. The van der Waals surface area contributed by atoms with Crippen molar-refractivity contribution in [1.82, 2.24) is 25.5 Å². The third kappa shape index (κ3) is 6.26. The largest absolute Gasteiger partial charge is 0.378 e. The van der Waals surface area contributed by atoms with Gasteiger partial charge in [0.1, 0.15) is 11.6 Å². The Morgan fingerprint density at radius 1 is 1.18 bits per heavy atom. The van der Waals surface area contributed by atoms with Crippen molar-refractivity contribution in [2.75, 3.05) is 69.0 Å². The van der Waals surface area contributed by atoms with Crippen molar-refractivity contribution in [2.45, 2.75) is 5.75 Å². The standard InChI is InChI=1S/C22H29N7O3S/c1-33-15-18-14-19(28-10-12-32-13-11-28)27-20(25-18)16-2-4-17(5-3-16)26-21(30)23-6-8-29-9-7-24-22(29)31/h2-5,14H,6-13,15H2,1H3,(H,24,31)(H2,23,26,30)/p+1. The highest BCUT2D eigenvalue weighted by atomic mass is 32.2. The van der Waals surface area contributed by atoms with Gasteiger partial charge in [0.2, 0.25) is 0 Å². The maximum absolute atomic E-state index is 12.2.